The summed E-state index contributed by atoms with van der Waals surface area (Å²) in [5, 5.41) is 7.78. The lowest BCUT2D eigenvalue weighted by Gasteiger charge is -2.12. The number of hydrogen-bond donors (Lipinski definition) is 1. The van der Waals surface area contributed by atoms with Crippen molar-refractivity contribution in [1.29, 1.82) is 0 Å². The Labute approximate surface area is 132 Å². The lowest BCUT2D eigenvalue weighted by atomic mass is 10.2. The molecule has 0 radical (unpaired) electrons. The van der Waals surface area contributed by atoms with E-state index in [0.717, 1.165) is 18.8 Å². The highest BCUT2D eigenvalue weighted by Crippen LogP contribution is 2.12. The minimum Gasteiger partial charge on any atom is -0.494 e. The summed E-state index contributed by atoms with van der Waals surface area (Å²) in [6, 6.07) is 10.7. The van der Waals surface area contributed by atoms with E-state index in [1.807, 2.05) is 29.9 Å². The molecule has 0 saturated carbocycles. The Morgan fingerprint density at radius 1 is 1.14 bits per heavy atom. The number of ether oxygens (including phenoxy) is 1. The molecule has 1 aromatic carbocycles. The van der Waals surface area contributed by atoms with Gasteiger partial charge in [-0.2, -0.15) is 5.10 Å². The van der Waals surface area contributed by atoms with E-state index in [-0.39, 0.29) is 12.4 Å². The second-order valence-electron chi connectivity index (χ2n) is 5.04. The Morgan fingerprint density at radius 2 is 1.86 bits per heavy atom. The number of aromatic nitrogens is 2. The van der Waals surface area contributed by atoms with Crippen LogP contribution >= 0.6 is 12.4 Å². The van der Waals surface area contributed by atoms with E-state index in [2.05, 4.69) is 42.5 Å². The smallest absolute Gasteiger partial charge is 0.119 e. The summed E-state index contributed by atoms with van der Waals surface area (Å²) in [4.78, 5) is 0. The van der Waals surface area contributed by atoms with Gasteiger partial charge in [-0.15, -0.1) is 12.4 Å². The highest BCUT2D eigenvalue weighted by Gasteiger charge is 2.05. The molecule has 2 rings (SSSR count). The maximum absolute atomic E-state index is 5.43. The average molecular weight is 310 g/mol. The summed E-state index contributed by atoms with van der Waals surface area (Å²) in [6.45, 7) is 8.65. The van der Waals surface area contributed by atoms with Crippen LogP contribution in [0.5, 0.6) is 5.75 Å². The molecule has 0 saturated heterocycles. The van der Waals surface area contributed by atoms with Crippen LogP contribution < -0.4 is 10.1 Å². The first-order valence-electron chi connectivity index (χ1n) is 7.15. The third-order valence-electron chi connectivity index (χ3n) is 3.11. The first-order chi connectivity index (χ1) is 9.70. The second kappa shape index (κ2) is 8.70. The Bertz CT molecular complexity index is 523. The fraction of sp³-hybridized carbons (Fsp3) is 0.438. The van der Waals surface area contributed by atoms with Gasteiger partial charge in [-0.25, -0.2) is 0 Å². The molecule has 2 aromatic rings. The van der Waals surface area contributed by atoms with E-state index >= 15 is 0 Å². The van der Waals surface area contributed by atoms with Crippen LogP contribution in [0.3, 0.4) is 0 Å². The van der Waals surface area contributed by atoms with Crippen molar-refractivity contribution in [3.8, 4) is 5.75 Å². The minimum atomic E-state index is 0. The first kappa shape index (κ1) is 17.5. The number of hydrogen-bond acceptors (Lipinski definition) is 3. The van der Waals surface area contributed by atoms with Crippen molar-refractivity contribution in [3.63, 3.8) is 0 Å². The monoisotopic (exact) mass is 309 g/mol. The summed E-state index contributed by atoms with van der Waals surface area (Å²) in [5.41, 5.74) is 2.47. The fourth-order valence-electron chi connectivity index (χ4n) is 2.15. The molecule has 1 heterocycles. The van der Waals surface area contributed by atoms with Crippen molar-refractivity contribution in [2.45, 2.75) is 39.9 Å². The van der Waals surface area contributed by atoms with E-state index in [4.69, 9.17) is 4.74 Å². The molecule has 0 fully saturated rings. The largest absolute Gasteiger partial charge is 0.494 e. The van der Waals surface area contributed by atoms with E-state index in [1.54, 1.807) is 0 Å². The standard InChI is InChI=1S/C16H23N3O.ClH/c1-4-20-16-7-5-14(6-8-16)11-17-12-15-9-10-18-19(15)13(2)3;/h5-10,13,17H,4,11-12H2,1-3H3;1H. The molecule has 21 heavy (non-hydrogen) atoms. The van der Waals surface area contributed by atoms with Gasteiger partial charge in [0.15, 0.2) is 0 Å². The summed E-state index contributed by atoms with van der Waals surface area (Å²) in [5.74, 6) is 0.925. The number of rotatable bonds is 7. The fourth-order valence-corrected chi connectivity index (χ4v) is 2.15. The Morgan fingerprint density at radius 3 is 2.48 bits per heavy atom. The molecule has 0 bridgehead atoms. The van der Waals surface area contributed by atoms with Crippen molar-refractivity contribution >= 4 is 12.4 Å². The zero-order valence-electron chi connectivity index (χ0n) is 12.9. The van der Waals surface area contributed by atoms with E-state index in [9.17, 15) is 0 Å². The average Bonchev–Trinajstić information content (AvgIpc) is 2.90. The van der Waals surface area contributed by atoms with Gasteiger partial charge in [0.2, 0.25) is 0 Å². The van der Waals surface area contributed by atoms with Crippen LogP contribution in [0.4, 0.5) is 0 Å². The molecule has 0 spiro atoms. The zero-order chi connectivity index (χ0) is 14.4. The highest BCUT2D eigenvalue weighted by atomic mass is 35.5. The van der Waals surface area contributed by atoms with Gasteiger partial charge in [-0.3, -0.25) is 4.68 Å². The maximum Gasteiger partial charge on any atom is 0.119 e. The molecule has 1 N–H and O–H groups in total. The highest BCUT2D eigenvalue weighted by molar-refractivity contribution is 5.85. The summed E-state index contributed by atoms with van der Waals surface area (Å²) < 4.78 is 7.48. The van der Waals surface area contributed by atoms with Crippen molar-refractivity contribution in [2.75, 3.05) is 6.61 Å². The first-order valence-corrected chi connectivity index (χ1v) is 7.15. The van der Waals surface area contributed by atoms with Crippen LogP contribution in [0.25, 0.3) is 0 Å². The molecule has 4 nitrogen and oxygen atoms in total. The Balaban J connectivity index is 0.00000220. The van der Waals surface area contributed by atoms with Gasteiger partial charge in [0, 0.05) is 25.3 Å². The third-order valence-corrected chi connectivity index (χ3v) is 3.11. The molecule has 0 atom stereocenters. The lowest BCUT2D eigenvalue weighted by molar-refractivity contribution is 0.340. The molecule has 0 amide bonds. The van der Waals surface area contributed by atoms with Crippen LogP contribution in [0.1, 0.15) is 38.1 Å². The predicted molar refractivity (Wildman–Crippen MR) is 88.0 cm³/mol. The maximum atomic E-state index is 5.43. The van der Waals surface area contributed by atoms with Gasteiger partial charge >= 0.3 is 0 Å². The van der Waals surface area contributed by atoms with Gasteiger partial charge < -0.3 is 10.1 Å². The van der Waals surface area contributed by atoms with Crippen LogP contribution in [-0.2, 0) is 13.1 Å². The number of halogens is 1. The van der Waals surface area contributed by atoms with Gasteiger partial charge in [0.25, 0.3) is 0 Å². The van der Waals surface area contributed by atoms with Crippen LogP contribution in [0.2, 0.25) is 0 Å². The van der Waals surface area contributed by atoms with Gasteiger partial charge in [0.1, 0.15) is 5.75 Å². The van der Waals surface area contributed by atoms with Crippen LogP contribution in [0.15, 0.2) is 36.5 Å². The Kier molecular flexibility index (Phi) is 7.26. The summed E-state index contributed by atoms with van der Waals surface area (Å²) in [7, 11) is 0. The van der Waals surface area contributed by atoms with Crippen molar-refractivity contribution < 1.29 is 4.74 Å². The molecule has 116 valence electrons. The zero-order valence-corrected chi connectivity index (χ0v) is 13.7. The van der Waals surface area contributed by atoms with Crippen LogP contribution in [-0.4, -0.2) is 16.4 Å². The SMILES string of the molecule is CCOc1ccc(CNCc2ccnn2C(C)C)cc1.Cl. The summed E-state index contributed by atoms with van der Waals surface area (Å²) in [6.07, 6.45) is 1.86. The predicted octanol–water partition coefficient (Wildman–Crippen LogP) is 3.57. The Hall–Kier alpha value is -1.52. The summed E-state index contributed by atoms with van der Waals surface area (Å²) >= 11 is 0. The topological polar surface area (TPSA) is 39.1 Å². The lowest BCUT2D eigenvalue weighted by Crippen LogP contribution is -2.17. The molecule has 0 aliphatic carbocycles. The molecular formula is C16H24ClN3O. The van der Waals surface area contributed by atoms with Crippen LogP contribution in [0, 0.1) is 0 Å². The molecule has 1 aromatic heterocycles. The van der Waals surface area contributed by atoms with Gasteiger partial charge in [0.05, 0.1) is 12.3 Å². The molecule has 0 aliphatic rings. The van der Waals surface area contributed by atoms with E-state index in [0.29, 0.717) is 12.6 Å². The van der Waals surface area contributed by atoms with E-state index in [1.165, 1.54) is 11.3 Å². The molecular weight excluding hydrogens is 286 g/mol. The number of nitrogens with zero attached hydrogens (tertiary/aromatic N) is 2. The van der Waals surface area contributed by atoms with Gasteiger partial charge in [-0.1, -0.05) is 12.1 Å². The third kappa shape index (κ3) is 5.06. The quantitative estimate of drug-likeness (QED) is 0.850. The number of benzene rings is 1. The number of nitrogens with one attached hydrogen (secondary N) is 1. The van der Waals surface area contributed by atoms with Crippen molar-refractivity contribution in [3.05, 3.63) is 47.8 Å². The second-order valence-corrected chi connectivity index (χ2v) is 5.04. The van der Waals surface area contributed by atoms with Gasteiger partial charge in [-0.05, 0) is 44.5 Å². The van der Waals surface area contributed by atoms with Crippen molar-refractivity contribution in [1.82, 2.24) is 15.1 Å². The van der Waals surface area contributed by atoms with Crippen molar-refractivity contribution in [2.24, 2.45) is 0 Å². The van der Waals surface area contributed by atoms with E-state index < -0.39 is 0 Å². The molecule has 0 aliphatic heterocycles. The molecule has 5 heteroatoms. The normalized spacial score (nSPS) is 10.5. The minimum absolute atomic E-state index is 0. The molecule has 0 unspecified atom stereocenters.